The predicted molar refractivity (Wildman–Crippen MR) is 187 cm³/mol. The van der Waals surface area contributed by atoms with E-state index in [0.29, 0.717) is 0 Å². The first-order valence-electron chi connectivity index (χ1n) is 16.3. The average Bonchev–Trinajstić information content (AvgIpc) is 3.63. The molecule has 2 aliphatic rings. The minimum absolute atomic E-state index is 0.0781. The van der Waals surface area contributed by atoms with E-state index >= 15 is 0 Å². The Balaban J connectivity index is 1.69. The fraction of sp³-hybridized carbons (Fsp3) is 0.349. The number of unbranched alkanes of at least 4 members (excludes halogenated alkanes) is 2. The van der Waals surface area contributed by atoms with Crippen molar-refractivity contribution in [2.45, 2.75) is 95.8 Å². The SMILES string of the molecule is C=CCCCCC(C1=CC=CC1)(c1ccc2ccccc2c1)C1c2cc(C(C)(C)C)ccc2-c2ccc(C(C)(C)C)cc21. The number of fused-ring (bicyclic) bond motifs is 4. The Morgan fingerprint density at radius 1 is 0.698 bits per heavy atom. The molecule has 0 N–H and O–H groups in total. The van der Waals surface area contributed by atoms with Crippen LogP contribution in [0.5, 0.6) is 0 Å². The van der Waals surface area contributed by atoms with Crippen LogP contribution in [0.3, 0.4) is 0 Å². The number of benzene rings is 4. The van der Waals surface area contributed by atoms with E-state index in [4.69, 9.17) is 0 Å². The van der Waals surface area contributed by atoms with Gasteiger partial charge in [0.25, 0.3) is 0 Å². The molecule has 0 saturated carbocycles. The van der Waals surface area contributed by atoms with Crippen molar-refractivity contribution >= 4 is 10.8 Å². The third-order valence-corrected chi connectivity index (χ3v) is 10.1. The van der Waals surface area contributed by atoms with Gasteiger partial charge in [-0.15, -0.1) is 6.58 Å². The summed E-state index contributed by atoms with van der Waals surface area (Å²) in [5, 5.41) is 2.63. The van der Waals surface area contributed by atoms with Gasteiger partial charge in [0.2, 0.25) is 0 Å². The van der Waals surface area contributed by atoms with Crippen LogP contribution in [-0.4, -0.2) is 0 Å². The minimum Gasteiger partial charge on any atom is -0.103 e. The molecule has 0 saturated heterocycles. The molecule has 4 aromatic rings. The summed E-state index contributed by atoms with van der Waals surface area (Å²) < 4.78 is 0. The molecule has 6 rings (SSSR count). The predicted octanol–water partition coefficient (Wildman–Crippen LogP) is 12.1. The van der Waals surface area contributed by atoms with Crippen LogP contribution in [0, 0.1) is 0 Å². The molecule has 0 aliphatic heterocycles. The van der Waals surface area contributed by atoms with E-state index < -0.39 is 0 Å². The highest BCUT2D eigenvalue weighted by atomic mass is 14.5. The highest BCUT2D eigenvalue weighted by Gasteiger charge is 2.49. The van der Waals surface area contributed by atoms with Gasteiger partial charge in [0.1, 0.15) is 0 Å². The van der Waals surface area contributed by atoms with Crippen molar-refractivity contribution in [1.29, 1.82) is 0 Å². The van der Waals surface area contributed by atoms with Crippen molar-refractivity contribution in [1.82, 2.24) is 0 Å². The van der Waals surface area contributed by atoms with Gasteiger partial charge in [-0.25, -0.2) is 0 Å². The van der Waals surface area contributed by atoms with Crippen LogP contribution in [0.4, 0.5) is 0 Å². The van der Waals surface area contributed by atoms with E-state index in [1.165, 1.54) is 49.7 Å². The highest BCUT2D eigenvalue weighted by molar-refractivity contribution is 5.85. The number of hydrogen-bond donors (Lipinski definition) is 0. The topological polar surface area (TPSA) is 0 Å². The minimum atomic E-state index is -0.165. The zero-order valence-corrected chi connectivity index (χ0v) is 27.1. The van der Waals surface area contributed by atoms with Crippen molar-refractivity contribution in [3.05, 3.63) is 143 Å². The second-order valence-corrected chi connectivity index (χ2v) is 14.9. The fourth-order valence-electron chi connectivity index (χ4n) is 7.65. The molecule has 0 amide bonds. The summed E-state index contributed by atoms with van der Waals surface area (Å²) in [6.07, 6.45) is 14.7. The summed E-state index contributed by atoms with van der Waals surface area (Å²) >= 11 is 0. The van der Waals surface area contributed by atoms with Crippen molar-refractivity contribution in [3.8, 4) is 11.1 Å². The molecule has 0 spiro atoms. The van der Waals surface area contributed by atoms with E-state index in [1.807, 2.05) is 0 Å². The van der Waals surface area contributed by atoms with Gasteiger partial charge in [0, 0.05) is 11.3 Å². The lowest BCUT2D eigenvalue weighted by Gasteiger charge is -2.43. The van der Waals surface area contributed by atoms with Crippen molar-refractivity contribution in [2.24, 2.45) is 0 Å². The van der Waals surface area contributed by atoms with Gasteiger partial charge in [0.05, 0.1) is 0 Å². The zero-order valence-electron chi connectivity index (χ0n) is 27.1. The number of hydrogen-bond acceptors (Lipinski definition) is 0. The molecular weight excluding hydrogens is 516 g/mol. The van der Waals surface area contributed by atoms with E-state index in [9.17, 15) is 0 Å². The first-order valence-corrected chi connectivity index (χ1v) is 16.3. The molecule has 43 heavy (non-hydrogen) atoms. The van der Waals surface area contributed by atoms with Gasteiger partial charge in [-0.1, -0.05) is 157 Å². The Bertz CT molecular complexity index is 1660. The molecule has 2 aliphatic carbocycles. The van der Waals surface area contributed by atoms with Crippen LogP contribution >= 0.6 is 0 Å². The lowest BCUT2D eigenvalue weighted by Crippen LogP contribution is -2.36. The van der Waals surface area contributed by atoms with Gasteiger partial charge in [0.15, 0.2) is 0 Å². The van der Waals surface area contributed by atoms with E-state index in [2.05, 4.69) is 151 Å². The molecule has 220 valence electrons. The van der Waals surface area contributed by atoms with Gasteiger partial charge in [-0.2, -0.15) is 0 Å². The Morgan fingerprint density at radius 2 is 1.30 bits per heavy atom. The van der Waals surface area contributed by atoms with Crippen molar-refractivity contribution in [2.75, 3.05) is 0 Å². The summed E-state index contributed by atoms with van der Waals surface area (Å²) in [6.45, 7) is 18.1. The van der Waals surface area contributed by atoms with Gasteiger partial charge in [-0.3, -0.25) is 0 Å². The fourth-order valence-corrected chi connectivity index (χ4v) is 7.65. The molecule has 0 bridgehead atoms. The molecule has 0 fully saturated rings. The lowest BCUT2D eigenvalue weighted by atomic mass is 9.59. The Kier molecular flexibility index (Phi) is 7.62. The third-order valence-electron chi connectivity index (χ3n) is 10.1. The van der Waals surface area contributed by atoms with Gasteiger partial charge < -0.3 is 0 Å². The summed E-state index contributed by atoms with van der Waals surface area (Å²) in [6, 6.07) is 30.9. The highest BCUT2D eigenvalue weighted by Crippen LogP contribution is 2.60. The lowest BCUT2D eigenvalue weighted by molar-refractivity contribution is 0.392. The molecule has 0 heteroatoms. The van der Waals surface area contributed by atoms with E-state index in [-0.39, 0.29) is 22.2 Å². The standard InChI is InChI=1S/C43H48/c1-8-9-10-15-26-43(32-18-13-14-19-32,35-21-20-30-16-11-12-17-31(30)27-35)40-38-28-33(41(2,3)4)22-24-36(38)37-25-23-34(29-39(37)40)42(5,6)7/h8,11-14,16-18,20-25,27-29,40H,1,9-10,15,19,26H2,2-7H3. The molecule has 0 heterocycles. The monoisotopic (exact) mass is 564 g/mol. The van der Waals surface area contributed by atoms with Crippen LogP contribution in [0.2, 0.25) is 0 Å². The number of allylic oxidation sites excluding steroid dienone is 5. The van der Waals surface area contributed by atoms with Crippen molar-refractivity contribution in [3.63, 3.8) is 0 Å². The van der Waals surface area contributed by atoms with Gasteiger partial charge in [-0.05, 0) is 86.2 Å². The molecule has 4 aromatic carbocycles. The van der Waals surface area contributed by atoms with Crippen LogP contribution in [0.15, 0.2) is 115 Å². The molecule has 0 nitrogen and oxygen atoms in total. The summed E-state index contributed by atoms with van der Waals surface area (Å²) in [7, 11) is 0. The third kappa shape index (κ3) is 5.24. The maximum absolute atomic E-state index is 4.05. The maximum Gasteiger partial charge on any atom is 0.0277 e. The second kappa shape index (κ2) is 11.1. The van der Waals surface area contributed by atoms with Crippen LogP contribution in [0.25, 0.3) is 21.9 Å². The van der Waals surface area contributed by atoms with Crippen LogP contribution in [-0.2, 0) is 16.2 Å². The zero-order chi connectivity index (χ0) is 30.4. The Labute approximate surface area is 260 Å². The Hall–Kier alpha value is -3.64. The quantitative estimate of drug-likeness (QED) is 0.147. The number of rotatable bonds is 8. The van der Waals surface area contributed by atoms with Crippen LogP contribution in [0.1, 0.15) is 107 Å². The molecular formula is C43H48. The summed E-state index contributed by atoms with van der Waals surface area (Å²) in [4.78, 5) is 0. The first kappa shape index (κ1) is 29.4. The normalized spacial score (nSPS) is 16.2. The smallest absolute Gasteiger partial charge is 0.0277 e. The summed E-state index contributed by atoms with van der Waals surface area (Å²) in [5.41, 5.74) is 11.6. The maximum atomic E-state index is 4.05. The molecule has 0 aromatic heterocycles. The largest absolute Gasteiger partial charge is 0.103 e. The average molecular weight is 565 g/mol. The second-order valence-electron chi connectivity index (χ2n) is 14.9. The Morgan fingerprint density at radius 3 is 1.86 bits per heavy atom. The van der Waals surface area contributed by atoms with E-state index in [1.54, 1.807) is 5.57 Å². The summed E-state index contributed by atoms with van der Waals surface area (Å²) in [5.74, 6) is 0.234. The molecule has 1 atom stereocenters. The van der Waals surface area contributed by atoms with Crippen molar-refractivity contribution < 1.29 is 0 Å². The molecule has 0 radical (unpaired) electrons. The first-order chi connectivity index (χ1) is 20.5. The van der Waals surface area contributed by atoms with E-state index in [0.717, 1.165) is 32.1 Å². The molecule has 1 unspecified atom stereocenters. The van der Waals surface area contributed by atoms with Gasteiger partial charge >= 0.3 is 0 Å². The van der Waals surface area contributed by atoms with Crippen LogP contribution < -0.4 is 0 Å².